The fourth-order valence-corrected chi connectivity index (χ4v) is 1.10. The molecule has 1 rings (SSSR count). The zero-order chi connectivity index (χ0) is 10.7. The number of rotatable bonds is 2. The molecule has 0 unspecified atom stereocenters. The molecule has 0 aliphatic heterocycles. The standard InChI is InChI=1S/C9H9BN2O2/c1-14-9(13)5-2-7(10)6(4-11)8(12)3-5/h2-4,11H,12H2,1H3. The molecule has 5 heteroatoms. The second-order valence-electron chi connectivity index (χ2n) is 2.70. The summed E-state index contributed by atoms with van der Waals surface area (Å²) in [4.78, 5) is 11.1. The van der Waals surface area contributed by atoms with Gasteiger partial charge in [0.1, 0.15) is 7.85 Å². The molecule has 4 nitrogen and oxygen atoms in total. The summed E-state index contributed by atoms with van der Waals surface area (Å²) < 4.78 is 4.51. The van der Waals surface area contributed by atoms with Gasteiger partial charge in [-0.3, -0.25) is 0 Å². The Labute approximate surface area is 83.0 Å². The van der Waals surface area contributed by atoms with Gasteiger partial charge >= 0.3 is 5.97 Å². The summed E-state index contributed by atoms with van der Waals surface area (Å²) in [5.41, 5.74) is 6.87. The highest BCUT2D eigenvalue weighted by molar-refractivity contribution is 6.36. The Morgan fingerprint density at radius 1 is 1.64 bits per heavy atom. The lowest BCUT2D eigenvalue weighted by atomic mass is 9.88. The third-order valence-corrected chi connectivity index (χ3v) is 1.81. The minimum Gasteiger partial charge on any atom is -0.465 e. The first-order valence-electron chi connectivity index (χ1n) is 3.88. The van der Waals surface area contributed by atoms with Crippen LogP contribution in [0.4, 0.5) is 5.69 Å². The van der Waals surface area contributed by atoms with Gasteiger partial charge in [0.25, 0.3) is 0 Å². The highest BCUT2D eigenvalue weighted by Gasteiger charge is 2.09. The number of nitrogen functional groups attached to an aromatic ring is 1. The van der Waals surface area contributed by atoms with Crippen molar-refractivity contribution in [1.82, 2.24) is 0 Å². The van der Waals surface area contributed by atoms with E-state index in [0.717, 1.165) is 6.21 Å². The predicted molar refractivity (Wildman–Crippen MR) is 55.5 cm³/mol. The van der Waals surface area contributed by atoms with Crippen molar-refractivity contribution in [3.63, 3.8) is 0 Å². The van der Waals surface area contributed by atoms with Crippen LogP contribution >= 0.6 is 0 Å². The van der Waals surface area contributed by atoms with Gasteiger partial charge in [-0.1, -0.05) is 11.5 Å². The van der Waals surface area contributed by atoms with E-state index in [4.69, 9.17) is 19.0 Å². The van der Waals surface area contributed by atoms with Gasteiger partial charge < -0.3 is 15.9 Å². The van der Waals surface area contributed by atoms with Crippen molar-refractivity contribution < 1.29 is 9.53 Å². The van der Waals surface area contributed by atoms with Crippen molar-refractivity contribution in [1.29, 1.82) is 5.41 Å². The van der Waals surface area contributed by atoms with Crippen LogP contribution in [-0.4, -0.2) is 27.1 Å². The summed E-state index contributed by atoms with van der Waals surface area (Å²) in [7, 11) is 6.86. The van der Waals surface area contributed by atoms with E-state index in [1.165, 1.54) is 19.2 Å². The van der Waals surface area contributed by atoms with Crippen LogP contribution in [-0.2, 0) is 4.74 Å². The maximum absolute atomic E-state index is 11.1. The Kier molecular flexibility index (Phi) is 2.91. The van der Waals surface area contributed by atoms with Crippen LogP contribution in [0, 0.1) is 5.41 Å². The molecule has 70 valence electrons. The average molecular weight is 188 g/mol. The molecule has 0 saturated heterocycles. The molecule has 0 spiro atoms. The number of nitrogens with two attached hydrogens (primary N) is 1. The number of ether oxygens (including phenoxy) is 1. The van der Waals surface area contributed by atoms with Crippen LogP contribution < -0.4 is 11.2 Å². The molecule has 0 amide bonds. The average Bonchev–Trinajstić information content (AvgIpc) is 2.16. The van der Waals surface area contributed by atoms with Crippen LogP contribution in [0.15, 0.2) is 12.1 Å². The van der Waals surface area contributed by atoms with Crippen molar-refractivity contribution >= 4 is 31.2 Å². The third-order valence-electron chi connectivity index (χ3n) is 1.81. The van der Waals surface area contributed by atoms with Gasteiger partial charge in [0.2, 0.25) is 0 Å². The molecule has 1 aromatic carbocycles. The van der Waals surface area contributed by atoms with Crippen LogP contribution in [0.3, 0.4) is 0 Å². The number of benzene rings is 1. The minimum atomic E-state index is -0.500. The van der Waals surface area contributed by atoms with Gasteiger partial charge in [0.05, 0.1) is 12.7 Å². The predicted octanol–water partition coefficient (Wildman–Crippen LogP) is -0.153. The second-order valence-corrected chi connectivity index (χ2v) is 2.70. The van der Waals surface area contributed by atoms with Crippen molar-refractivity contribution in [2.45, 2.75) is 0 Å². The highest BCUT2D eigenvalue weighted by atomic mass is 16.5. The summed E-state index contributed by atoms with van der Waals surface area (Å²) in [6, 6.07) is 2.87. The fraction of sp³-hybridized carbons (Fsp3) is 0.111. The molecule has 0 atom stereocenters. The van der Waals surface area contributed by atoms with Crippen LogP contribution in [0.25, 0.3) is 0 Å². The SMILES string of the molecule is [B]c1cc(C(=O)OC)cc(N)c1C=N. The first kappa shape index (κ1) is 10.3. The van der Waals surface area contributed by atoms with Gasteiger partial charge in [-0.2, -0.15) is 0 Å². The van der Waals surface area contributed by atoms with E-state index in [-0.39, 0.29) is 5.56 Å². The monoisotopic (exact) mass is 188 g/mol. The first-order chi connectivity index (χ1) is 6.60. The lowest BCUT2D eigenvalue weighted by Crippen LogP contribution is -2.16. The maximum atomic E-state index is 11.1. The van der Waals surface area contributed by atoms with E-state index in [0.29, 0.717) is 16.7 Å². The lowest BCUT2D eigenvalue weighted by Gasteiger charge is -2.07. The van der Waals surface area contributed by atoms with Gasteiger partial charge in [-0.05, 0) is 6.07 Å². The molecular weight excluding hydrogens is 179 g/mol. The van der Waals surface area contributed by atoms with Crippen molar-refractivity contribution in [3.05, 3.63) is 23.3 Å². The van der Waals surface area contributed by atoms with E-state index >= 15 is 0 Å². The zero-order valence-corrected chi connectivity index (χ0v) is 7.70. The van der Waals surface area contributed by atoms with Crippen molar-refractivity contribution in [3.8, 4) is 0 Å². The largest absolute Gasteiger partial charge is 0.465 e. The number of carbonyl (C=O) groups excluding carboxylic acids is 1. The summed E-state index contributed by atoms with van der Waals surface area (Å²) >= 11 is 0. The van der Waals surface area contributed by atoms with E-state index in [1.54, 1.807) is 0 Å². The molecule has 3 N–H and O–H groups in total. The number of methoxy groups -OCH3 is 1. The summed E-state index contributed by atoms with van der Waals surface area (Å²) in [5, 5.41) is 7.05. The van der Waals surface area contributed by atoms with E-state index in [2.05, 4.69) is 4.74 Å². The Bertz CT molecular complexity index is 367. The number of esters is 1. The van der Waals surface area contributed by atoms with Crippen molar-refractivity contribution in [2.24, 2.45) is 0 Å². The fourth-order valence-electron chi connectivity index (χ4n) is 1.10. The molecule has 0 aromatic heterocycles. The Hall–Kier alpha value is -1.78. The molecular formula is C9H9BN2O2. The Morgan fingerprint density at radius 2 is 2.29 bits per heavy atom. The highest BCUT2D eigenvalue weighted by Crippen LogP contribution is 2.10. The van der Waals surface area contributed by atoms with E-state index in [1.807, 2.05) is 0 Å². The smallest absolute Gasteiger partial charge is 0.337 e. The van der Waals surface area contributed by atoms with Crippen LogP contribution in [0.2, 0.25) is 0 Å². The normalized spacial score (nSPS) is 9.50. The quantitative estimate of drug-likeness (QED) is 0.293. The molecule has 2 radical (unpaired) electrons. The van der Waals surface area contributed by atoms with Crippen molar-refractivity contribution in [2.75, 3.05) is 12.8 Å². The van der Waals surface area contributed by atoms with E-state index in [9.17, 15) is 4.79 Å². The number of carbonyl (C=O) groups is 1. The number of hydrogen-bond donors (Lipinski definition) is 2. The molecule has 14 heavy (non-hydrogen) atoms. The van der Waals surface area contributed by atoms with Crippen LogP contribution in [0.5, 0.6) is 0 Å². The summed E-state index contributed by atoms with van der Waals surface area (Å²) in [5.74, 6) is -0.500. The first-order valence-corrected chi connectivity index (χ1v) is 3.88. The molecule has 0 fully saturated rings. The number of hydrogen-bond acceptors (Lipinski definition) is 4. The van der Waals surface area contributed by atoms with Gasteiger partial charge in [-0.25, -0.2) is 4.79 Å². The maximum Gasteiger partial charge on any atom is 0.337 e. The molecule has 0 aliphatic carbocycles. The van der Waals surface area contributed by atoms with Gasteiger partial charge in [0.15, 0.2) is 0 Å². The van der Waals surface area contributed by atoms with Crippen LogP contribution in [0.1, 0.15) is 15.9 Å². The Morgan fingerprint density at radius 3 is 2.71 bits per heavy atom. The number of nitrogens with one attached hydrogen (secondary N) is 1. The molecule has 0 heterocycles. The molecule has 1 aromatic rings. The van der Waals surface area contributed by atoms with Gasteiger partial charge in [-0.15, -0.1) is 0 Å². The lowest BCUT2D eigenvalue weighted by molar-refractivity contribution is 0.0601. The summed E-state index contributed by atoms with van der Waals surface area (Å²) in [6.07, 6.45) is 1.05. The molecule has 0 bridgehead atoms. The minimum absolute atomic E-state index is 0.285. The van der Waals surface area contributed by atoms with E-state index < -0.39 is 5.97 Å². The third kappa shape index (κ3) is 1.76. The second kappa shape index (κ2) is 3.96. The molecule has 0 aliphatic rings. The topological polar surface area (TPSA) is 76.2 Å². The summed E-state index contributed by atoms with van der Waals surface area (Å²) in [6.45, 7) is 0. The molecule has 0 saturated carbocycles. The number of anilines is 1. The zero-order valence-electron chi connectivity index (χ0n) is 7.70. The Balaban J connectivity index is 3.27. The van der Waals surface area contributed by atoms with Gasteiger partial charge in [0, 0.05) is 17.5 Å².